The molecule has 0 radical (unpaired) electrons. The number of amides is 1. The number of nitrogens with zero attached hydrogens (tertiary/aromatic N) is 1. The van der Waals surface area contributed by atoms with Gasteiger partial charge in [0.05, 0.1) is 0 Å². The number of hydrogen-bond acceptors (Lipinski definition) is 2. The van der Waals surface area contributed by atoms with Gasteiger partial charge in [-0.2, -0.15) is 0 Å². The normalized spacial score (nSPS) is 14.4. The van der Waals surface area contributed by atoms with Gasteiger partial charge in [-0.05, 0) is 36.6 Å². The van der Waals surface area contributed by atoms with E-state index >= 15 is 0 Å². The number of aldehydes is 1. The van der Waals surface area contributed by atoms with Crippen molar-refractivity contribution in [2.24, 2.45) is 0 Å². The lowest BCUT2D eigenvalue weighted by Crippen LogP contribution is -2.30. The molecule has 1 aromatic rings. The molecule has 5 heteroatoms. The summed E-state index contributed by atoms with van der Waals surface area (Å²) >= 11 is 3.31. The molecule has 0 saturated heterocycles. The summed E-state index contributed by atoms with van der Waals surface area (Å²) in [4.78, 5) is 23.2. The maximum absolute atomic E-state index is 11.1. The van der Waals surface area contributed by atoms with Crippen molar-refractivity contribution in [1.29, 1.82) is 0 Å². The van der Waals surface area contributed by atoms with Crippen molar-refractivity contribution in [3.63, 3.8) is 0 Å². The highest BCUT2D eigenvalue weighted by atomic mass is 79.9. The zero-order valence-corrected chi connectivity index (χ0v) is 10.7. The van der Waals surface area contributed by atoms with Gasteiger partial charge in [0.1, 0.15) is 6.29 Å². The largest absolute Gasteiger partial charge is 0.465 e. The molecular weight excluding hydrogens is 286 g/mol. The van der Waals surface area contributed by atoms with E-state index in [1.54, 1.807) is 12.1 Å². The van der Waals surface area contributed by atoms with Crippen LogP contribution in [0.1, 0.15) is 28.8 Å². The summed E-state index contributed by atoms with van der Waals surface area (Å²) < 4.78 is 0.790. The van der Waals surface area contributed by atoms with Crippen molar-refractivity contribution < 1.29 is 14.7 Å². The minimum atomic E-state index is -0.903. The predicted molar refractivity (Wildman–Crippen MR) is 66.1 cm³/mol. The van der Waals surface area contributed by atoms with Crippen LogP contribution in [0.25, 0.3) is 0 Å². The van der Waals surface area contributed by atoms with Gasteiger partial charge in [-0.1, -0.05) is 15.9 Å². The van der Waals surface area contributed by atoms with E-state index in [9.17, 15) is 9.59 Å². The van der Waals surface area contributed by atoms with E-state index in [0.717, 1.165) is 29.2 Å². The van der Waals surface area contributed by atoms with Gasteiger partial charge >= 0.3 is 6.09 Å². The quantitative estimate of drug-likeness (QED) is 0.870. The van der Waals surface area contributed by atoms with Gasteiger partial charge in [-0.15, -0.1) is 0 Å². The molecule has 0 spiro atoms. The van der Waals surface area contributed by atoms with E-state index in [2.05, 4.69) is 15.9 Å². The van der Waals surface area contributed by atoms with E-state index < -0.39 is 6.09 Å². The molecule has 1 saturated carbocycles. The maximum Gasteiger partial charge on any atom is 0.407 e. The molecule has 1 aliphatic rings. The molecule has 1 amide bonds. The third-order valence-corrected chi connectivity index (χ3v) is 3.16. The fraction of sp³-hybridized carbons (Fsp3) is 0.333. The molecule has 1 fully saturated rings. The van der Waals surface area contributed by atoms with Crippen LogP contribution in [0.2, 0.25) is 0 Å². The van der Waals surface area contributed by atoms with E-state index in [0.29, 0.717) is 12.1 Å². The van der Waals surface area contributed by atoms with Crippen LogP contribution < -0.4 is 0 Å². The van der Waals surface area contributed by atoms with Crippen molar-refractivity contribution in [2.75, 3.05) is 0 Å². The zero-order valence-electron chi connectivity index (χ0n) is 9.10. The predicted octanol–water partition coefficient (Wildman–Crippen LogP) is 2.90. The second kappa shape index (κ2) is 4.87. The van der Waals surface area contributed by atoms with Gasteiger partial charge in [0, 0.05) is 22.6 Å². The third kappa shape index (κ3) is 3.06. The number of carbonyl (C=O) groups excluding carboxylic acids is 1. The Balaban J connectivity index is 2.18. The second-order valence-corrected chi connectivity index (χ2v) is 5.07. The number of rotatable bonds is 4. The Hall–Kier alpha value is -1.36. The van der Waals surface area contributed by atoms with Crippen LogP contribution in [0.4, 0.5) is 4.79 Å². The highest BCUT2D eigenvalue weighted by Gasteiger charge is 2.32. The first kappa shape index (κ1) is 12.1. The summed E-state index contributed by atoms with van der Waals surface area (Å²) in [6, 6.07) is 5.41. The smallest absolute Gasteiger partial charge is 0.407 e. The summed E-state index contributed by atoms with van der Waals surface area (Å²) in [5.74, 6) is 0. The number of carbonyl (C=O) groups is 2. The van der Waals surface area contributed by atoms with Crippen molar-refractivity contribution in [2.45, 2.75) is 25.4 Å². The summed E-state index contributed by atoms with van der Waals surface area (Å²) in [6.07, 6.45) is 1.72. The van der Waals surface area contributed by atoms with Crippen molar-refractivity contribution in [3.8, 4) is 0 Å². The van der Waals surface area contributed by atoms with Gasteiger partial charge in [0.2, 0.25) is 0 Å². The van der Waals surface area contributed by atoms with E-state index in [-0.39, 0.29) is 6.04 Å². The fourth-order valence-electron chi connectivity index (χ4n) is 1.77. The molecule has 17 heavy (non-hydrogen) atoms. The molecule has 2 rings (SSSR count). The van der Waals surface area contributed by atoms with Crippen LogP contribution in [0.15, 0.2) is 22.7 Å². The van der Waals surface area contributed by atoms with Crippen LogP contribution in [-0.4, -0.2) is 28.4 Å². The first-order valence-corrected chi connectivity index (χ1v) is 6.13. The average Bonchev–Trinajstić information content (AvgIpc) is 3.08. The second-order valence-electron chi connectivity index (χ2n) is 4.15. The molecular formula is C12H12BrNO3. The topological polar surface area (TPSA) is 57.6 Å². The molecule has 4 nitrogen and oxygen atoms in total. The monoisotopic (exact) mass is 297 g/mol. The molecule has 0 unspecified atom stereocenters. The SMILES string of the molecule is O=Cc1cc(Br)cc(CN(C(=O)O)C2CC2)c1. The summed E-state index contributed by atoms with van der Waals surface area (Å²) in [5, 5.41) is 9.09. The molecule has 1 aliphatic carbocycles. The molecule has 0 aliphatic heterocycles. The Labute approximate surface area is 107 Å². The van der Waals surface area contributed by atoms with Gasteiger partial charge < -0.3 is 10.0 Å². The Bertz CT molecular complexity index is 457. The molecule has 0 bridgehead atoms. The lowest BCUT2D eigenvalue weighted by atomic mass is 10.1. The zero-order chi connectivity index (χ0) is 12.4. The lowest BCUT2D eigenvalue weighted by molar-refractivity contribution is 0.112. The Morgan fingerprint density at radius 2 is 2.18 bits per heavy atom. The minimum Gasteiger partial charge on any atom is -0.465 e. The van der Waals surface area contributed by atoms with E-state index in [1.165, 1.54) is 4.90 Å². The van der Waals surface area contributed by atoms with E-state index in [1.807, 2.05) is 6.07 Å². The summed E-state index contributed by atoms with van der Waals surface area (Å²) in [6.45, 7) is 0.334. The highest BCUT2D eigenvalue weighted by molar-refractivity contribution is 9.10. The highest BCUT2D eigenvalue weighted by Crippen LogP contribution is 2.29. The number of benzene rings is 1. The molecule has 0 aromatic heterocycles. The standard InChI is InChI=1S/C12H12BrNO3/c13-10-4-8(3-9(5-10)7-15)6-14(12(16)17)11-1-2-11/h3-5,7,11H,1-2,6H2,(H,16,17). The average molecular weight is 298 g/mol. The van der Waals surface area contributed by atoms with Crippen molar-refractivity contribution in [1.82, 2.24) is 4.90 Å². The Morgan fingerprint density at radius 1 is 1.47 bits per heavy atom. The number of hydrogen-bond donors (Lipinski definition) is 1. The van der Waals surface area contributed by atoms with Crippen LogP contribution >= 0.6 is 15.9 Å². The Morgan fingerprint density at radius 3 is 2.71 bits per heavy atom. The first-order valence-electron chi connectivity index (χ1n) is 5.34. The van der Waals surface area contributed by atoms with E-state index in [4.69, 9.17) is 5.11 Å². The van der Waals surface area contributed by atoms with Crippen LogP contribution in [-0.2, 0) is 6.54 Å². The molecule has 1 aromatic carbocycles. The molecule has 90 valence electrons. The molecule has 0 atom stereocenters. The van der Waals surface area contributed by atoms with Gasteiger partial charge in [0.15, 0.2) is 0 Å². The number of carboxylic acid groups (broad SMARTS) is 1. The minimum absolute atomic E-state index is 0.145. The molecule has 0 heterocycles. The van der Waals surface area contributed by atoms with Gasteiger partial charge in [-0.25, -0.2) is 4.79 Å². The third-order valence-electron chi connectivity index (χ3n) is 2.70. The lowest BCUT2D eigenvalue weighted by Gasteiger charge is -2.18. The summed E-state index contributed by atoms with van der Waals surface area (Å²) in [5.41, 5.74) is 1.38. The molecule has 1 N–H and O–H groups in total. The van der Waals surface area contributed by atoms with Gasteiger partial charge in [-0.3, -0.25) is 4.79 Å². The van der Waals surface area contributed by atoms with Crippen LogP contribution in [0.5, 0.6) is 0 Å². The Kier molecular flexibility index (Phi) is 3.47. The number of halogens is 1. The maximum atomic E-state index is 11.1. The van der Waals surface area contributed by atoms with Crippen LogP contribution in [0, 0.1) is 0 Å². The summed E-state index contributed by atoms with van der Waals surface area (Å²) in [7, 11) is 0. The first-order chi connectivity index (χ1) is 8.10. The van der Waals surface area contributed by atoms with Gasteiger partial charge in [0.25, 0.3) is 0 Å². The fourth-order valence-corrected chi connectivity index (χ4v) is 2.33. The van der Waals surface area contributed by atoms with Crippen LogP contribution in [0.3, 0.4) is 0 Å². The van der Waals surface area contributed by atoms with Crippen molar-refractivity contribution in [3.05, 3.63) is 33.8 Å². The van der Waals surface area contributed by atoms with Crippen molar-refractivity contribution >= 4 is 28.3 Å².